The number of benzene rings is 1. The minimum Gasteiger partial charge on any atom is -0.492 e. The Balaban J connectivity index is 2.65. The molecule has 4 heteroatoms. The lowest BCUT2D eigenvalue weighted by atomic mass is 10.1. The molecule has 20 heavy (non-hydrogen) atoms. The minimum atomic E-state index is -0.0474. The summed E-state index contributed by atoms with van der Waals surface area (Å²) in [5.41, 5.74) is 0.647. The number of rotatable bonds is 7. The molecule has 1 rings (SSSR count). The van der Waals surface area contributed by atoms with Crippen LogP contribution in [-0.2, 0) is 0 Å². The Kier molecular flexibility index (Phi) is 7.06. The summed E-state index contributed by atoms with van der Waals surface area (Å²) in [6.07, 6.45) is 1.94. The van der Waals surface area contributed by atoms with Crippen molar-refractivity contribution in [3.05, 3.63) is 28.2 Å². The number of hydrogen-bond donors (Lipinski definition) is 1. The molecule has 0 saturated carbocycles. The van der Waals surface area contributed by atoms with Crippen molar-refractivity contribution < 1.29 is 9.53 Å². The fourth-order valence-corrected chi connectivity index (χ4v) is 2.07. The standard InChI is InChI=1S/C16H24BrNO2/c1-5-12(4)18-16(19)13-6-7-15(14(17)10-13)20-9-8-11(2)3/h6-7,10-12H,5,8-9H2,1-4H3,(H,18,19). The summed E-state index contributed by atoms with van der Waals surface area (Å²) in [5.74, 6) is 1.36. The predicted molar refractivity (Wildman–Crippen MR) is 86.3 cm³/mol. The van der Waals surface area contributed by atoms with E-state index < -0.39 is 0 Å². The van der Waals surface area contributed by atoms with Gasteiger partial charge in [-0.25, -0.2) is 0 Å². The molecule has 0 aromatic heterocycles. The van der Waals surface area contributed by atoms with Crippen molar-refractivity contribution in [2.75, 3.05) is 6.61 Å². The van der Waals surface area contributed by atoms with Crippen LogP contribution in [0.5, 0.6) is 5.75 Å². The molecule has 0 saturated heterocycles. The van der Waals surface area contributed by atoms with Gasteiger partial charge in [0.05, 0.1) is 11.1 Å². The van der Waals surface area contributed by atoms with Crippen LogP contribution in [0.25, 0.3) is 0 Å². The van der Waals surface area contributed by atoms with Gasteiger partial charge >= 0.3 is 0 Å². The second-order valence-corrected chi connectivity index (χ2v) is 6.31. The Hall–Kier alpha value is -1.03. The van der Waals surface area contributed by atoms with Crippen LogP contribution >= 0.6 is 15.9 Å². The molecule has 0 radical (unpaired) electrons. The lowest BCUT2D eigenvalue weighted by Crippen LogP contribution is -2.31. The van der Waals surface area contributed by atoms with Gasteiger partial charge in [0.1, 0.15) is 5.75 Å². The summed E-state index contributed by atoms with van der Waals surface area (Å²) in [7, 11) is 0. The minimum absolute atomic E-state index is 0.0474. The zero-order chi connectivity index (χ0) is 15.1. The molecule has 0 aliphatic rings. The van der Waals surface area contributed by atoms with E-state index >= 15 is 0 Å². The van der Waals surface area contributed by atoms with E-state index in [1.165, 1.54) is 0 Å². The fraction of sp³-hybridized carbons (Fsp3) is 0.562. The van der Waals surface area contributed by atoms with Crippen molar-refractivity contribution >= 4 is 21.8 Å². The van der Waals surface area contributed by atoms with Gasteiger partial charge in [-0.1, -0.05) is 20.8 Å². The molecule has 1 aromatic rings. The van der Waals surface area contributed by atoms with Crippen LogP contribution in [0.15, 0.2) is 22.7 Å². The maximum atomic E-state index is 12.0. The number of ether oxygens (including phenoxy) is 1. The van der Waals surface area contributed by atoms with E-state index in [0.29, 0.717) is 18.1 Å². The molecule has 1 amide bonds. The van der Waals surface area contributed by atoms with Gasteiger partial charge in [0.25, 0.3) is 5.91 Å². The highest BCUT2D eigenvalue weighted by Crippen LogP contribution is 2.26. The SMILES string of the molecule is CCC(C)NC(=O)c1ccc(OCCC(C)C)c(Br)c1. The van der Waals surface area contributed by atoms with Crippen LogP contribution in [-0.4, -0.2) is 18.6 Å². The molecule has 0 bridgehead atoms. The average molecular weight is 342 g/mol. The number of carbonyl (C=O) groups excluding carboxylic acids is 1. The third-order valence-corrected chi connectivity index (χ3v) is 3.76. The second kappa shape index (κ2) is 8.30. The second-order valence-electron chi connectivity index (χ2n) is 5.46. The summed E-state index contributed by atoms with van der Waals surface area (Å²) in [4.78, 5) is 12.0. The van der Waals surface area contributed by atoms with Crippen LogP contribution in [0.4, 0.5) is 0 Å². The Labute approximate surface area is 130 Å². The lowest BCUT2D eigenvalue weighted by Gasteiger charge is -2.13. The first-order valence-corrected chi connectivity index (χ1v) is 7.96. The topological polar surface area (TPSA) is 38.3 Å². The predicted octanol–water partition coefficient (Wildman–Crippen LogP) is 4.40. The molecule has 0 aliphatic carbocycles. The highest BCUT2D eigenvalue weighted by Gasteiger charge is 2.11. The molecule has 1 atom stereocenters. The number of halogens is 1. The molecule has 1 aromatic carbocycles. The average Bonchev–Trinajstić information content (AvgIpc) is 2.39. The molecule has 0 heterocycles. The van der Waals surface area contributed by atoms with Crippen molar-refractivity contribution in [2.24, 2.45) is 5.92 Å². The lowest BCUT2D eigenvalue weighted by molar-refractivity contribution is 0.0939. The maximum Gasteiger partial charge on any atom is 0.251 e. The largest absolute Gasteiger partial charge is 0.492 e. The van der Waals surface area contributed by atoms with E-state index in [0.717, 1.165) is 23.1 Å². The van der Waals surface area contributed by atoms with Crippen LogP contribution in [0.3, 0.4) is 0 Å². The van der Waals surface area contributed by atoms with Gasteiger partial charge < -0.3 is 10.1 Å². The third kappa shape index (κ3) is 5.53. The van der Waals surface area contributed by atoms with Crippen LogP contribution < -0.4 is 10.1 Å². The maximum absolute atomic E-state index is 12.0. The van der Waals surface area contributed by atoms with E-state index in [1.807, 2.05) is 26.0 Å². The Morgan fingerprint density at radius 2 is 2.05 bits per heavy atom. The van der Waals surface area contributed by atoms with Crippen LogP contribution in [0.2, 0.25) is 0 Å². The van der Waals surface area contributed by atoms with E-state index in [-0.39, 0.29) is 11.9 Å². The highest BCUT2D eigenvalue weighted by atomic mass is 79.9. The number of amides is 1. The van der Waals surface area contributed by atoms with Gasteiger partial charge in [0.2, 0.25) is 0 Å². The monoisotopic (exact) mass is 341 g/mol. The molecule has 3 nitrogen and oxygen atoms in total. The Morgan fingerprint density at radius 1 is 1.35 bits per heavy atom. The van der Waals surface area contributed by atoms with Gasteiger partial charge in [-0.05, 0) is 59.8 Å². The first-order valence-electron chi connectivity index (χ1n) is 7.17. The first-order chi connectivity index (χ1) is 9.43. The normalized spacial score (nSPS) is 12.3. The van der Waals surface area contributed by atoms with Crippen molar-refractivity contribution in [1.29, 1.82) is 0 Å². The number of hydrogen-bond acceptors (Lipinski definition) is 2. The van der Waals surface area contributed by atoms with Gasteiger partial charge in [-0.15, -0.1) is 0 Å². The molecular formula is C16H24BrNO2. The molecule has 0 fully saturated rings. The van der Waals surface area contributed by atoms with E-state index in [2.05, 4.69) is 35.1 Å². The van der Waals surface area contributed by atoms with Gasteiger partial charge in [0.15, 0.2) is 0 Å². The molecular weight excluding hydrogens is 318 g/mol. The quantitative estimate of drug-likeness (QED) is 0.797. The molecule has 1 unspecified atom stereocenters. The van der Waals surface area contributed by atoms with E-state index in [1.54, 1.807) is 6.07 Å². The smallest absolute Gasteiger partial charge is 0.251 e. The third-order valence-electron chi connectivity index (χ3n) is 3.14. The van der Waals surface area contributed by atoms with Crippen LogP contribution in [0.1, 0.15) is 50.9 Å². The Morgan fingerprint density at radius 3 is 2.60 bits per heavy atom. The summed E-state index contributed by atoms with van der Waals surface area (Å²) in [6.45, 7) is 9.07. The molecule has 112 valence electrons. The molecule has 1 N–H and O–H groups in total. The van der Waals surface area contributed by atoms with Crippen molar-refractivity contribution in [2.45, 2.75) is 46.6 Å². The summed E-state index contributed by atoms with van der Waals surface area (Å²) >= 11 is 3.46. The zero-order valence-corrected chi connectivity index (χ0v) is 14.3. The molecule has 0 spiro atoms. The summed E-state index contributed by atoms with van der Waals surface area (Å²) < 4.78 is 6.52. The zero-order valence-electron chi connectivity index (χ0n) is 12.7. The Bertz CT molecular complexity index is 446. The highest BCUT2D eigenvalue weighted by molar-refractivity contribution is 9.10. The molecule has 0 aliphatic heterocycles. The van der Waals surface area contributed by atoms with Gasteiger partial charge in [-0.2, -0.15) is 0 Å². The first kappa shape index (κ1) is 17.0. The summed E-state index contributed by atoms with van der Waals surface area (Å²) in [5, 5.41) is 2.95. The number of nitrogens with one attached hydrogen (secondary N) is 1. The van der Waals surface area contributed by atoms with Gasteiger partial charge in [-0.3, -0.25) is 4.79 Å². The fourth-order valence-electron chi connectivity index (χ4n) is 1.57. The van der Waals surface area contributed by atoms with Crippen LogP contribution in [0, 0.1) is 5.92 Å². The van der Waals surface area contributed by atoms with Crippen molar-refractivity contribution in [1.82, 2.24) is 5.32 Å². The van der Waals surface area contributed by atoms with E-state index in [4.69, 9.17) is 4.74 Å². The van der Waals surface area contributed by atoms with Gasteiger partial charge in [0, 0.05) is 11.6 Å². The summed E-state index contributed by atoms with van der Waals surface area (Å²) in [6, 6.07) is 5.63. The van der Waals surface area contributed by atoms with Crippen molar-refractivity contribution in [3.63, 3.8) is 0 Å². The number of carbonyl (C=O) groups is 1. The van der Waals surface area contributed by atoms with Crippen molar-refractivity contribution in [3.8, 4) is 5.75 Å². The van der Waals surface area contributed by atoms with E-state index in [9.17, 15) is 4.79 Å².